The maximum absolute atomic E-state index is 11.8. The van der Waals surface area contributed by atoms with Gasteiger partial charge in [-0.15, -0.1) is 0 Å². The molecule has 1 amide bonds. The van der Waals surface area contributed by atoms with Crippen LogP contribution in [0.5, 0.6) is 5.75 Å². The van der Waals surface area contributed by atoms with Gasteiger partial charge in [0.1, 0.15) is 5.75 Å². The number of carbonyl (C=O) groups excluding carboxylic acids is 1. The molecule has 18 heavy (non-hydrogen) atoms. The molecule has 0 aliphatic heterocycles. The van der Waals surface area contributed by atoms with Crippen LogP contribution in [0.2, 0.25) is 0 Å². The Morgan fingerprint density at radius 2 is 2.00 bits per heavy atom. The van der Waals surface area contributed by atoms with Crippen molar-refractivity contribution in [1.29, 1.82) is 0 Å². The van der Waals surface area contributed by atoms with Crippen molar-refractivity contribution in [3.05, 3.63) is 29.3 Å². The van der Waals surface area contributed by atoms with Gasteiger partial charge in [0.25, 0.3) is 5.91 Å². The Kier molecular flexibility index (Phi) is 6.22. The first kappa shape index (κ1) is 14.5. The Balaban J connectivity index is 2.32. The molecule has 0 aliphatic rings. The third-order valence-electron chi connectivity index (χ3n) is 2.81. The molecule has 0 heterocycles. The number of carbonyl (C=O) groups is 1. The second kappa shape index (κ2) is 7.71. The molecule has 1 aromatic carbocycles. The van der Waals surface area contributed by atoms with Crippen LogP contribution in [0.25, 0.3) is 0 Å². The molecule has 0 radical (unpaired) electrons. The van der Waals surface area contributed by atoms with E-state index in [1.54, 1.807) is 12.1 Å². The average Bonchev–Trinajstić information content (AvgIpc) is 2.33. The first-order chi connectivity index (χ1) is 8.65. The van der Waals surface area contributed by atoms with Crippen LogP contribution in [-0.2, 0) is 0 Å². The van der Waals surface area contributed by atoms with Gasteiger partial charge in [0.05, 0.1) is 5.56 Å². The summed E-state index contributed by atoms with van der Waals surface area (Å²) in [5, 5.41) is 12.5. The van der Waals surface area contributed by atoms with Gasteiger partial charge in [0.15, 0.2) is 0 Å². The third kappa shape index (κ3) is 4.75. The summed E-state index contributed by atoms with van der Waals surface area (Å²) < 4.78 is 0. The van der Waals surface area contributed by atoms with E-state index in [0.29, 0.717) is 12.1 Å². The van der Waals surface area contributed by atoms with Crippen molar-refractivity contribution in [3.63, 3.8) is 0 Å². The van der Waals surface area contributed by atoms with E-state index in [4.69, 9.17) is 5.73 Å². The van der Waals surface area contributed by atoms with Crippen LogP contribution in [-0.4, -0.2) is 24.1 Å². The summed E-state index contributed by atoms with van der Waals surface area (Å²) in [5.41, 5.74) is 6.67. The molecule has 100 valence electrons. The number of benzene rings is 1. The van der Waals surface area contributed by atoms with E-state index >= 15 is 0 Å². The van der Waals surface area contributed by atoms with Crippen molar-refractivity contribution in [3.8, 4) is 5.75 Å². The molecule has 4 heteroatoms. The van der Waals surface area contributed by atoms with E-state index < -0.39 is 0 Å². The number of nitrogens with one attached hydrogen (secondary N) is 1. The number of nitrogens with two attached hydrogens (primary N) is 1. The van der Waals surface area contributed by atoms with E-state index in [1.165, 1.54) is 0 Å². The first-order valence-corrected chi connectivity index (χ1v) is 6.43. The standard InChI is InChI=1S/C14H22N2O2/c1-11-6-7-12(13(17)10-11)14(18)16-9-5-3-2-4-8-15/h6-7,10,17H,2-5,8-9,15H2,1H3,(H,16,18). The van der Waals surface area contributed by atoms with Crippen molar-refractivity contribution in [1.82, 2.24) is 5.32 Å². The minimum absolute atomic E-state index is 0.0376. The fourth-order valence-corrected chi connectivity index (χ4v) is 1.75. The summed E-state index contributed by atoms with van der Waals surface area (Å²) in [5.74, 6) is -0.179. The monoisotopic (exact) mass is 250 g/mol. The molecule has 0 aliphatic carbocycles. The molecule has 4 nitrogen and oxygen atoms in total. The molecule has 1 rings (SSSR count). The van der Waals surface area contributed by atoms with Crippen LogP contribution in [0.3, 0.4) is 0 Å². The lowest BCUT2D eigenvalue weighted by atomic mass is 10.1. The SMILES string of the molecule is Cc1ccc(C(=O)NCCCCCCN)c(O)c1. The molecular weight excluding hydrogens is 228 g/mol. The molecule has 0 bridgehead atoms. The van der Waals surface area contributed by atoms with Crippen molar-refractivity contribution >= 4 is 5.91 Å². The number of aromatic hydroxyl groups is 1. The van der Waals surface area contributed by atoms with Gasteiger partial charge in [-0.1, -0.05) is 18.9 Å². The maximum atomic E-state index is 11.8. The van der Waals surface area contributed by atoms with E-state index in [1.807, 2.05) is 13.0 Å². The zero-order chi connectivity index (χ0) is 13.4. The lowest BCUT2D eigenvalue weighted by Gasteiger charge is -2.07. The smallest absolute Gasteiger partial charge is 0.255 e. The van der Waals surface area contributed by atoms with E-state index in [2.05, 4.69) is 5.32 Å². The molecule has 0 saturated heterocycles. The predicted molar refractivity (Wildman–Crippen MR) is 72.7 cm³/mol. The number of phenols is 1. The number of hydrogen-bond acceptors (Lipinski definition) is 3. The maximum Gasteiger partial charge on any atom is 0.255 e. The number of aryl methyl sites for hydroxylation is 1. The number of amides is 1. The lowest BCUT2D eigenvalue weighted by Crippen LogP contribution is -2.24. The van der Waals surface area contributed by atoms with E-state index in [0.717, 1.165) is 37.8 Å². The minimum Gasteiger partial charge on any atom is -0.507 e. The van der Waals surface area contributed by atoms with Gasteiger partial charge in [-0.05, 0) is 44.0 Å². The Hall–Kier alpha value is -1.55. The van der Waals surface area contributed by atoms with Gasteiger partial charge in [0, 0.05) is 6.54 Å². The van der Waals surface area contributed by atoms with Gasteiger partial charge in [-0.3, -0.25) is 4.79 Å². The molecule has 0 aromatic heterocycles. The van der Waals surface area contributed by atoms with Crippen molar-refractivity contribution in [2.45, 2.75) is 32.6 Å². The summed E-state index contributed by atoms with van der Waals surface area (Å²) in [4.78, 5) is 11.8. The van der Waals surface area contributed by atoms with Gasteiger partial charge in [0.2, 0.25) is 0 Å². The van der Waals surface area contributed by atoms with E-state index in [9.17, 15) is 9.90 Å². The van der Waals surface area contributed by atoms with Crippen LogP contribution < -0.4 is 11.1 Å². The van der Waals surface area contributed by atoms with Crippen LogP contribution in [0.1, 0.15) is 41.6 Å². The Morgan fingerprint density at radius 3 is 2.67 bits per heavy atom. The third-order valence-corrected chi connectivity index (χ3v) is 2.81. The summed E-state index contributed by atoms with van der Waals surface area (Å²) >= 11 is 0. The number of hydrogen-bond donors (Lipinski definition) is 3. The molecule has 0 spiro atoms. The van der Waals surface area contributed by atoms with Crippen molar-refractivity contribution in [2.24, 2.45) is 5.73 Å². The largest absolute Gasteiger partial charge is 0.507 e. The zero-order valence-corrected chi connectivity index (χ0v) is 10.9. The van der Waals surface area contributed by atoms with Crippen LogP contribution in [0, 0.1) is 6.92 Å². The second-order valence-electron chi connectivity index (χ2n) is 4.48. The predicted octanol–water partition coefficient (Wildman–Crippen LogP) is 1.95. The molecule has 4 N–H and O–H groups in total. The van der Waals surface area contributed by atoms with Crippen LogP contribution in [0.15, 0.2) is 18.2 Å². The summed E-state index contributed by atoms with van der Waals surface area (Å²) in [6.45, 7) is 3.24. The second-order valence-corrected chi connectivity index (χ2v) is 4.48. The average molecular weight is 250 g/mol. The fourth-order valence-electron chi connectivity index (χ4n) is 1.75. The van der Waals surface area contributed by atoms with E-state index in [-0.39, 0.29) is 11.7 Å². The molecule has 0 fully saturated rings. The van der Waals surface area contributed by atoms with Crippen molar-refractivity contribution < 1.29 is 9.90 Å². The minimum atomic E-state index is -0.216. The topological polar surface area (TPSA) is 75.4 Å². The quantitative estimate of drug-likeness (QED) is 0.647. The summed E-state index contributed by atoms with van der Waals surface area (Å²) in [6.07, 6.45) is 4.14. The number of phenolic OH excluding ortho intramolecular Hbond substituents is 1. The Bertz CT molecular complexity index is 391. The molecule has 0 unspecified atom stereocenters. The van der Waals surface area contributed by atoms with Gasteiger partial charge < -0.3 is 16.2 Å². The molecular formula is C14H22N2O2. The number of rotatable bonds is 7. The first-order valence-electron chi connectivity index (χ1n) is 6.43. The van der Waals surface area contributed by atoms with Gasteiger partial charge in [-0.2, -0.15) is 0 Å². The van der Waals surface area contributed by atoms with Crippen LogP contribution >= 0.6 is 0 Å². The highest BCUT2D eigenvalue weighted by Gasteiger charge is 2.09. The highest BCUT2D eigenvalue weighted by Crippen LogP contribution is 2.18. The Labute approximate surface area is 108 Å². The highest BCUT2D eigenvalue weighted by atomic mass is 16.3. The lowest BCUT2D eigenvalue weighted by molar-refractivity contribution is 0.0950. The highest BCUT2D eigenvalue weighted by molar-refractivity contribution is 5.96. The van der Waals surface area contributed by atoms with Crippen LogP contribution in [0.4, 0.5) is 0 Å². The summed E-state index contributed by atoms with van der Waals surface area (Å²) in [6, 6.07) is 5.06. The normalized spacial score (nSPS) is 10.3. The summed E-state index contributed by atoms with van der Waals surface area (Å²) in [7, 11) is 0. The Morgan fingerprint density at radius 1 is 1.28 bits per heavy atom. The zero-order valence-electron chi connectivity index (χ0n) is 10.9. The number of unbranched alkanes of at least 4 members (excludes halogenated alkanes) is 3. The van der Waals surface area contributed by atoms with Crippen molar-refractivity contribution in [2.75, 3.05) is 13.1 Å². The van der Waals surface area contributed by atoms with Gasteiger partial charge >= 0.3 is 0 Å². The molecule has 0 atom stereocenters. The van der Waals surface area contributed by atoms with Gasteiger partial charge in [-0.25, -0.2) is 0 Å². The molecule has 0 saturated carbocycles. The fraction of sp³-hybridized carbons (Fsp3) is 0.500. The molecule has 1 aromatic rings.